The third kappa shape index (κ3) is 2.03. The van der Waals surface area contributed by atoms with E-state index in [9.17, 15) is 0 Å². The maximum Gasteiger partial charge on any atom is 0.106 e. The van der Waals surface area contributed by atoms with Crippen molar-refractivity contribution in [1.82, 2.24) is 4.98 Å². The van der Waals surface area contributed by atoms with Crippen molar-refractivity contribution in [3.05, 3.63) is 28.5 Å². The summed E-state index contributed by atoms with van der Waals surface area (Å²) >= 11 is 3.32. The van der Waals surface area contributed by atoms with Crippen molar-refractivity contribution in [2.24, 2.45) is 5.92 Å². The van der Waals surface area contributed by atoms with Crippen molar-refractivity contribution in [3.63, 3.8) is 0 Å². The predicted octanol–water partition coefficient (Wildman–Crippen LogP) is 2.80. The van der Waals surface area contributed by atoms with Gasteiger partial charge in [-0.15, -0.1) is 0 Å². The minimum atomic E-state index is 0.928. The van der Waals surface area contributed by atoms with Crippen LogP contribution >= 0.6 is 15.9 Å². The molecular weight excluding hydrogens is 202 g/mol. The predicted molar refractivity (Wildman–Crippen MR) is 48.4 cm³/mol. The van der Waals surface area contributed by atoms with E-state index in [0.717, 1.165) is 10.5 Å². The van der Waals surface area contributed by atoms with Crippen molar-refractivity contribution in [1.29, 1.82) is 0 Å². The Bertz CT molecular complexity index is 238. The number of hydrogen-bond donors (Lipinski definition) is 0. The molecule has 58 valence electrons. The summed E-state index contributed by atoms with van der Waals surface area (Å²) in [6.45, 7) is 0. The summed E-state index contributed by atoms with van der Waals surface area (Å²) in [6, 6.07) is 4.16. The highest BCUT2D eigenvalue weighted by atomic mass is 79.9. The summed E-state index contributed by atoms with van der Waals surface area (Å²) in [6.07, 6.45) is 6.01. The van der Waals surface area contributed by atoms with Crippen LogP contribution < -0.4 is 0 Å². The number of hydrogen-bond acceptors (Lipinski definition) is 1. The van der Waals surface area contributed by atoms with Crippen LogP contribution in [0.4, 0.5) is 0 Å². The monoisotopic (exact) mass is 211 g/mol. The van der Waals surface area contributed by atoms with Crippen LogP contribution in [0.1, 0.15) is 18.4 Å². The second-order valence-corrected chi connectivity index (χ2v) is 3.95. The quantitative estimate of drug-likeness (QED) is 0.687. The van der Waals surface area contributed by atoms with E-state index in [-0.39, 0.29) is 0 Å². The van der Waals surface area contributed by atoms with Crippen LogP contribution in [0.25, 0.3) is 0 Å². The van der Waals surface area contributed by atoms with E-state index >= 15 is 0 Å². The summed E-state index contributed by atoms with van der Waals surface area (Å²) in [4.78, 5) is 4.18. The van der Waals surface area contributed by atoms with E-state index in [1.807, 2.05) is 12.3 Å². The van der Waals surface area contributed by atoms with Crippen molar-refractivity contribution in [2.45, 2.75) is 19.3 Å². The van der Waals surface area contributed by atoms with Gasteiger partial charge in [-0.2, -0.15) is 0 Å². The molecule has 11 heavy (non-hydrogen) atoms. The average molecular weight is 212 g/mol. The minimum absolute atomic E-state index is 0.928. The van der Waals surface area contributed by atoms with E-state index in [0.29, 0.717) is 0 Å². The van der Waals surface area contributed by atoms with E-state index in [2.05, 4.69) is 27.0 Å². The Morgan fingerprint density at radius 2 is 2.27 bits per heavy atom. The molecule has 0 unspecified atom stereocenters. The Labute approximate surface area is 75.0 Å². The highest BCUT2D eigenvalue weighted by Gasteiger charge is 2.21. The molecule has 1 aromatic heterocycles. The van der Waals surface area contributed by atoms with Crippen LogP contribution in [0, 0.1) is 5.92 Å². The van der Waals surface area contributed by atoms with Crippen molar-refractivity contribution in [2.75, 3.05) is 0 Å². The molecule has 1 aliphatic carbocycles. The van der Waals surface area contributed by atoms with Gasteiger partial charge in [-0.25, -0.2) is 4.98 Å². The first-order valence-corrected chi connectivity index (χ1v) is 4.74. The lowest BCUT2D eigenvalue weighted by molar-refractivity contribution is 0.826. The van der Waals surface area contributed by atoms with Gasteiger partial charge in [0.2, 0.25) is 0 Å². The Kier molecular flexibility index (Phi) is 1.95. The fraction of sp³-hybridized carbons (Fsp3) is 0.444. The fourth-order valence-corrected chi connectivity index (χ4v) is 1.42. The highest BCUT2D eigenvalue weighted by molar-refractivity contribution is 9.10. The van der Waals surface area contributed by atoms with Gasteiger partial charge in [0.1, 0.15) is 4.60 Å². The summed E-state index contributed by atoms with van der Waals surface area (Å²) in [5.74, 6) is 0.956. The zero-order chi connectivity index (χ0) is 7.68. The summed E-state index contributed by atoms with van der Waals surface area (Å²) in [5, 5.41) is 0. The van der Waals surface area contributed by atoms with Gasteiger partial charge in [0.05, 0.1) is 0 Å². The topological polar surface area (TPSA) is 12.9 Å². The molecule has 1 fully saturated rings. The lowest BCUT2D eigenvalue weighted by atomic mass is 10.1. The van der Waals surface area contributed by atoms with Gasteiger partial charge in [-0.3, -0.25) is 0 Å². The van der Waals surface area contributed by atoms with Gasteiger partial charge in [-0.05, 0) is 52.7 Å². The Balaban J connectivity index is 2.06. The van der Waals surface area contributed by atoms with Gasteiger partial charge in [-0.1, -0.05) is 6.07 Å². The normalized spacial score (nSPS) is 16.8. The minimum Gasteiger partial charge on any atom is -0.249 e. The molecule has 0 radical (unpaired) electrons. The first-order valence-electron chi connectivity index (χ1n) is 3.95. The lowest BCUT2D eigenvalue weighted by Crippen LogP contribution is -1.87. The molecule has 0 saturated heterocycles. The van der Waals surface area contributed by atoms with Crippen LogP contribution in [0.2, 0.25) is 0 Å². The molecule has 0 aromatic carbocycles. The molecule has 0 spiro atoms. The largest absolute Gasteiger partial charge is 0.249 e. The molecule has 2 rings (SSSR count). The zero-order valence-corrected chi connectivity index (χ0v) is 7.84. The van der Waals surface area contributed by atoms with Crippen LogP contribution in [-0.2, 0) is 6.42 Å². The molecule has 2 heteroatoms. The van der Waals surface area contributed by atoms with Gasteiger partial charge >= 0.3 is 0 Å². The standard InChI is InChI=1S/C9H10BrN/c10-9-4-3-8(6-11-9)5-7-1-2-7/h3-4,6-7H,1-2,5H2. The number of halogens is 1. The Morgan fingerprint density at radius 1 is 1.45 bits per heavy atom. The molecule has 0 N–H and O–H groups in total. The van der Waals surface area contributed by atoms with Gasteiger partial charge < -0.3 is 0 Å². The highest BCUT2D eigenvalue weighted by Crippen LogP contribution is 2.32. The summed E-state index contributed by atoms with van der Waals surface area (Å²) in [7, 11) is 0. The number of nitrogens with zero attached hydrogens (tertiary/aromatic N) is 1. The van der Waals surface area contributed by atoms with E-state index in [4.69, 9.17) is 0 Å². The van der Waals surface area contributed by atoms with Crippen LogP contribution in [-0.4, -0.2) is 4.98 Å². The maximum atomic E-state index is 4.18. The smallest absolute Gasteiger partial charge is 0.106 e. The number of rotatable bonds is 2. The molecular formula is C9H10BrN. The van der Waals surface area contributed by atoms with Crippen LogP contribution in [0.15, 0.2) is 22.9 Å². The first-order chi connectivity index (χ1) is 5.34. The fourth-order valence-electron chi connectivity index (χ4n) is 1.18. The Hall–Kier alpha value is -0.370. The molecule has 1 saturated carbocycles. The van der Waals surface area contributed by atoms with Crippen molar-refractivity contribution in [3.8, 4) is 0 Å². The average Bonchev–Trinajstić information content (AvgIpc) is 2.78. The SMILES string of the molecule is Brc1ccc(CC2CC2)cn1. The molecule has 1 heterocycles. The zero-order valence-electron chi connectivity index (χ0n) is 6.26. The lowest BCUT2D eigenvalue weighted by Gasteiger charge is -1.96. The molecule has 0 atom stereocenters. The van der Waals surface area contributed by atoms with E-state index in [1.165, 1.54) is 24.8 Å². The second kappa shape index (κ2) is 2.94. The van der Waals surface area contributed by atoms with Crippen molar-refractivity contribution >= 4 is 15.9 Å². The van der Waals surface area contributed by atoms with Crippen LogP contribution in [0.5, 0.6) is 0 Å². The Morgan fingerprint density at radius 3 is 2.82 bits per heavy atom. The third-order valence-corrected chi connectivity index (χ3v) is 2.48. The molecule has 1 aromatic rings. The van der Waals surface area contributed by atoms with Gasteiger partial charge in [0, 0.05) is 6.20 Å². The van der Waals surface area contributed by atoms with E-state index in [1.54, 1.807) is 0 Å². The molecule has 1 aliphatic rings. The van der Waals surface area contributed by atoms with Gasteiger partial charge in [0.15, 0.2) is 0 Å². The molecule has 0 aliphatic heterocycles. The number of aromatic nitrogens is 1. The molecule has 0 amide bonds. The molecule has 1 nitrogen and oxygen atoms in total. The molecule has 0 bridgehead atoms. The summed E-state index contributed by atoms with van der Waals surface area (Å²) in [5.41, 5.74) is 1.37. The van der Waals surface area contributed by atoms with E-state index < -0.39 is 0 Å². The maximum absolute atomic E-state index is 4.18. The first kappa shape index (κ1) is 7.29. The second-order valence-electron chi connectivity index (χ2n) is 3.14. The van der Waals surface area contributed by atoms with Gasteiger partial charge in [0.25, 0.3) is 0 Å². The van der Waals surface area contributed by atoms with Crippen molar-refractivity contribution < 1.29 is 0 Å². The number of pyridine rings is 1. The third-order valence-electron chi connectivity index (χ3n) is 2.01. The summed E-state index contributed by atoms with van der Waals surface area (Å²) < 4.78 is 0.928. The van der Waals surface area contributed by atoms with Crippen LogP contribution in [0.3, 0.4) is 0 Å².